The first kappa shape index (κ1) is 9.84. The van der Waals surface area contributed by atoms with E-state index in [0.29, 0.717) is 12.2 Å². The van der Waals surface area contributed by atoms with E-state index in [1.54, 1.807) is 12.3 Å². The Balaban J connectivity index is 2.13. The van der Waals surface area contributed by atoms with Gasteiger partial charge in [0.1, 0.15) is 5.82 Å². The van der Waals surface area contributed by atoms with Crippen molar-refractivity contribution in [3.8, 4) is 11.1 Å². The van der Waals surface area contributed by atoms with Crippen molar-refractivity contribution in [1.82, 2.24) is 4.98 Å². The van der Waals surface area contributed by atoms with E-state index in [2.05, 4.69) is 10.3 Å². The van der Waals surface area contributed by atoms with E-state index in [0.717, 1.165) is 22.4 Å². The number of nitrogens with zero attached hydrogens (tertiary/aromatic N) is 1. The van der Waals surface area contributed by atoms with Gasteiger partial charge >= 0.3 is 0 Å². The van der Waals surface area contributed by atoms with Gasteiger partial charge < -0.3 is 11.1 Å². The molecule has 0 saturated heterocycles. The molecule has 1 amide bonds. The average Bonchev–Trinajstić information content (AvgIpc) is 2.70. The van der Waals surface area contributed by atoms with Gasteiger partial charge in [-0.1, -0.05) is 12.1 Å². The number of aromatic nitrogens is 1. The van der Waals surface area contributed by atoms with Gasteiger partial charge in [-0.05, 0) is 29.3 Å². The van der Waals surface area contributed by atoms with Crippen LogP contribution in [0.5, 0.6) is 0 Å². The van der Waals surface area contributed by atoms with Crippen molar-refractivity contribution < 1.29 is 4.79 Å². The standard InChI is InChI=1S/C13H11N3O/c14-12-5-4-8(7-15-12)9-2-1-3-11-10(9)6-13(17)16-11/h1-5,7H,6H2,(H2,14,15)(H,16,17). The summed E-state index contributed by atoms with van der Waals surface area (Å²) in [5.74, 6) is 0.534. The van der Waals surface area contributed by atoms with Crippen LogP contribution in [-0.4, -0.2) is 10.9 Å². The lowest BCUT2D eigenvalue weighted by atomic mass is 9.99. The van der Waals surface area contributed by atoms with Crippen LogP contribution >= 0.6 is 0 Å². The molecule has 0 aliphatic carbocycles. The van der Waals surface area contributed by atoms with Crippen LogP contribution in [0.15, 0.2) is 36.5 Å². The van der Waals surface area contributed by atoms with Crippen molar-refractivity contribution in [3.05, 3.63) is 42.1 Å². The summed E-state index contributed by atoms with van der Waals surface area (Å²) in [6, 6.07) is 9.51. The van der Waals surface area contributed by atoms with Crippen molar-refractivity contribution >= 4 is 17.4 Å². The number of nitrogens with one attached hydrogen (secondary N) is 1. The summed E-state index contributed by atoms with van der Waals surface area (Å²) in [6.45, 7) is 0. The predicted octanol–water partition coefficient (Wildman–Crippen LogP) is 1.83. The van der Waals surface area contributed by atoms with Crippen LogP contribution in [0.2, 0.25) is 0 Å². The molecule has 0 atom stereocenters. The monoisotopic (exact) mass is 225 g/mol. The molecule has 17 heavy (non-hydrogen) atoms. The molecule has 3 rings (SSSR count). The maximum absolute atomic E-state index is 11.4. The third-order valence-corrected chi connectivity index (χ3v) is 2.88. The topological polar surface area (TPSA) is 68.0 Å². The Morgan fingerprint density at radius 1 is 1.24 bits per heavy atom. The van der Waals surface area contributed by atoms with Crippen LogP contribution in [0.4, 0.5) is 11.5 Å². The first-order valence-corrected chi connectivity index (χ1v) is 5.38. The number of hydrogen-bond acceptors (Lipinski definition) is 3. The highest BCUT2D eigenvalue weighted by atomic mass is 16.1. The molecule has 1 aromatic heterocycles. The molecule has 0 radical (unpaired) electrons. The van der Waals surface area contributed by atoms with Gasteiger partial charge in [-0.15, -0.1) is 0 Å². The van der Waals surface area contributed by atoms with Crippen molar-refractivity contribution in [2.75, 3.05) is 11.1 Å². The zero-order chi connectivity index (χ0) is 11.8. The number of nitrogens with two attached hydrogens (primary N) is 1. The Morgan fingerprint density at radius 3 is 2.88 bits per heavy atom. The summed E-state index contributed by atoms with van der Waals surface area (Å²) in [5, 5.41) is 2.83. The average molecular weight is 225 g/mol. The van der Waals surface area contributed by atoms with Crippen molar-refractivity contribution in [1.29, 1.82) is 0 Å². The van der Waals surface area contributed by atoms with E-state index in [9.17, 15) is 4.79 Å². The predicted molar refractivity (Wildman–Crippen MR) is 66.4 cm³/mol. The molecule has 0 saturated carbocycles. The normalized spacial score (nSPS) is 13.3. The largest absolute Gasteiger partial charge is 0.384 e. The first-order chi connectivity index (χ1) is 8.24. The third-order valence-electron chi connectivity index (χ3n) is 2.88. The van der Waals surface area contributed by atoms with Crippen molar-refractivity contribution in [2.45, 2.75) is 6.42 Å². The van der Waals surface area contributed by atoms with Crippen LogP contribution < -0.4 is 11.1 Å². The number of carbonyl (C=O) groups is 1. The summed E-state index contributed by atoms with van der Waals surface area (Å²) < 4.78 is 0. The van der Waals surface area contributed by atoms with Gasteiger partial charge in [0, 0.05) is 17.4 Å². The molecule has 3 N–H and O–H groups in total. The Morgan fingerprint density at radius 2 is 2.12 bits per heavy atom. The molecule has 0 spiro atoms. The molecule has 1 aliphatic rings. The highest BCUT2D eigenvalue weighted by Gasteiger charge is 2.20. The number of nitrogen functional groups attached to an aromatic ring is 1. The zero-order valence-corrected chi connectivity index (χ0v) is 9.10. The third kappa shape index (κ3) is 1.63. The lowest BCUT2D eigenvalue weighted by Gasteiger charge is -2.07. The molecule has 2 aromatic rings. The fourth-order valence-electron chi connectivity index (χ4n) is 2.08. The van der Waals surface area contributed by atoms with Crippen LogP contribution in [0.3, 0.4) is 0 Å². The molecule has 1 aliphatic heterocycles. The number of carbonyl (C=O) groups excluding carboxylic acids is 1. The minimum Gasteiger partial charge on any atom is -0.384 e. The van der Waals surface area contributed by atoms with E-state index >= 15 is 0 Å². The minimum absolute atomic E-state index is 0.0378. The Hall–Kier alpha value is -2.36. The molecule has 0 bridgehead atoms. The summed E-state index contributed by atoms with van der Waals surface area (Å²) in [7, 11) is 0. The molecule has 4 heteroatoms. The quantitative estimate of drug-likeness (QED) is 0.777. The molecule has 0 fully saturated rings. The fourth-order valence-corrected chi connectivity index (χ4v) is 2.08. The van der Waals surface area contributed by atoms with Crippen molar-refractivity contribution in [2.24, 2.45) is 0 Å². The number of anilines is 2. The fraction of sp³-hybridized carbons (Fsp3) is 0.0769. The maximum Gasteiger partial charge on any atom is 0.228 e. The van der Waals surface area contributed by atoms with Crippen LogP contribution in [0.1, 0.15) is 5.56 Å². The number of fused-ring (bicyclic) bond motifs is 1. The Labute approximate surface area is 98.5 Å². The second-order valence-corrected chi connectivity index (χ2v) is 4.03. The SMILES string of the molecule is Nc1ccc(-c2cccc3c2CC(=O)N3)cn1. The highest BCUT2D eigenvalue weighted by molar-refractivity contribution is 6.01. The lowest BCUT2D eigenvalue weighted by molar-refractivity contribution is -0.115. The second-order valence-electron chi connectivity index (χ2n) is 4.03. The molecular formula is C13H11N3O. The summed E-state index contributed by atoms with van der Waals surface area (Å²) in [4.78, 5) is 15.5. The molecule has 0 unspecified atom stereocenters. The molecule has 1 aromatic carbocycles. The Bertz CT molecular complexity index is 590. The van der Waals surface area contributed by atoms with Gasteiger partial charge in [0.15, 0.2) is 0 Å². The highest BCUT2D eigenvalue weighted by Crippen LogP contribution is 2.32. The number of pyridine rings is 1. The second kappa shape index (κ2) is 3.59. The number of benzene rings is 1. The summed E-state index contributed by atoms with van der Waals surface area (Å²) in [5.41, 5.74) is 9.50. The van der Waals surface area contributed by atoms with Gasteiger partial charge in [0.05, 0.1) is 6.42 Å². The van der Waals surface area contributed by atoms with E-state index in [-0.39, 0.29) is 5.91 Å². The minimum atomic E-state index is 0.0378. The molecule has 2 heterocycles. The molecule has 4 nitrogen and oxygen atoms in total. The number of amides is 1. The number of rotatable bonds is 1. The van der Waals surface area contributed by atoms with Crippen LogP contribution in [0.25, 0.3) is 11.1 Å². The molecular weight excluding hydrogens is 214 g/mol. The van der Waals surface area contributed by atoms with E-state index < -0.39 is 0 Å². The smallest absolute Gasteiger partial charge is 0.228 e. The summed E-state index contributed by atoms with van der Waals surface area (Å²) >= 11 is 0. The molecule has 84 valence electrons. The van der Waals surface area contributed by atoms with E-state index in [1.165, 1.54) is 0 Å². The summed E-state index contributed by atoms with van der Waals surface area (Å²) in [6.07, 6.45) is 2.16. The van der Waals surface area contributed by atoms with E-state index in [4.69, 9.17) is 5.73 Å². The zero-order valence-electron chi connectivity index (χ0n) is 9.10. The van der Waals surface area contributed by atoms with Gasteiger partial charge in [-0.2, -0.15) is 0 Å². The van der Waals surface area contributed by atoms with Crippen LogP contribution in [0, 0.1) is 0 Å². The van der Waals surface area contributed by atoms with Gasteiger partial charge in [-0.25, -0.2) is 4.98 Å². The van der Waals surface area contributed by atoms with Gasteiger partial charge in [0.2, 0.25) is 5.91 Å². The van der Waals surface area contributed by atoms with Crippen LogP contribution in [-0.2, 0) is 11.2 Å². The maximum atomic E-state index is 11.4. The van der Waals surface area contributed by atoms with Gasteiger partial charge in [0.25, 0.3) is 0 Å². The van der Waals surface area contributed by atoms with E-state index in [1.807, 2.05) is 24.3 Å². The van der Waals surface area contributed by atoms with Crippen molar-refractivity contribution in [3.63, 3.8) is 0 Å². The first-order valence-electron chi connectivity index (χ1n) is 5.38. The lowest BCUT2D eigenvalue weighted by Crippen LogP contribution is -2.03. The van der Waals surface area contributed by atoms with Gasteiger partial charge in [-0.3, -0.25) is 4.79 Å². The Kier molecular flexibility index (Phi) is 2.08. The number of hydrogen-bond donors (Lipinski definition) is 2.